The SMILES string of the molecule is [C-]#[N+]CC(C)(C)n1cc(Nc2ncc(C(F)(F)F)c(NC)n2)c(C)n1. The molecule has 25 heavy (non-hydrogen) atoms. The lowest BCUT2D eigenvalue weighted by atomic mass is 10.1. The Morgan fingerprint density at radius 1 is 1.32 bits per heavy atom. The molecule has 2 N–H and O–H groups in total. The highest BCUT2D eigenvalue weighted by atomic mass is 19.4. The Morgan fingerprint density at radius 2 is 2.00 bits per heavy atom. The van der Waals surface area contributed by atoms with Crippen molar-refractivity contribution in [2.45, 2.75) is 32.5 Å². The predicted molar refractivity (Wildman–Crippen MR) is 87.6 cm³/mol. The van der Waals surface area contributed by atoms with Crippen LogP contribution in [0.25, 0.3) is 4.85 Å². The second kappa shape index (κ2) is 6.58. The number of halogens is 3. The molecule has 2 aromatic rings. The molecule has 10 heteroatoms. The molecule has 0 unspecified atom stereocenters. The van der Waals surface area contributed by atoms with E-state index in [1.54, 1.807) is 17.8 Å². The van der Waals surface area contributed by atoms with Crippen LogP contribution in [0.5, 0.6) is 0 Å². The highest BCUT2D eigenvalue weighted by molar-refractivity contribution is 5.58. The molecule has 2 aromatic heterocycles. The zero-order valence-corrected chi connectivity index (χ0v) is 14.2. The highest BCUT2D eigenvalue weighted by Gasteiger charge is 2.35. The Balaban J connectivity index is 2.32. The monoisotopic (exact) mass is 353 g/mol. The third-order valence-corrected chi connectivity index (χ3v) is 3.56. The van der Waals surface area contributed by atoms with Gasteiger partial charge in [0, 0.05) is 19.4 Å². The van der Waals surface area contributed by atoms with E-state index in [4.69, 9.17) is 6.57 Å². The van der Waals surface area contributed by atoms with Crippen LogP contribution in [0.2, 0.25) is 0 Å². The van der Waals surface area contributed by atoms with Crippen molar-refractivity contribution >= 4 is 17.5 Å². The van der Waals surface area contributed by atoms with Gasteiger partial charge in [-0.2, -0.15) is 23.3 Å². The first kappa shape index (κ1) is 18.5. The molecule has 0 saturated heterocycles. The highest BCUT2D eigenvalue weighted by Crippen LogP contribution is 2.34. The van der Waals surface area contributed by atoms with Gasteiger partial charge in [0.15, 0.2) is 0 Å². The molecule has 7 nitrogen and oxygen atoms in total. The molecule has 0 aliphatic rings. The molecule has 2 heterocycles. The Hall–Kier alpha value is -2.83. The summed E-state index contributed by atoms with van der Waals surface area (Å²) in [6, 6.07) is 0. The van der Waals surface area contributed by atoms with Crippen LogP contribution in [0.4, 0.5) is 30.6 Å². The summed E-state index contributed by atoms with van der Waals surface area (Å²) in [7, 11) is 1.36. The summed E-state index contributed by atoms with van der Waals surface area (Å²) in [4.78, 5) is 11.0. The van der Waals surface area contributed by atoms with Gasteiger partial charge >= 0.3 is 6.18 Å². The summed E-state index contributed by atoms with van der Waals surface area (Å²) in [6.07, 6.45) is -2.13. The fourth-order valence-corrected chi connectivity index (χ4v) is 2.12. The maximum Gasteiger partial charge on any atom is 0.421 e. The molecular formula is C15H18F3N7. The molecule has 0 aliphatic carbocycles. The van der Waals surface area contributed by atoms with Crippen molar-refractivity contribution in [1.29, 1.82) is 0 Å². The van der Waals surface area contributed by atoms with E-state index < -0.39 is 17.3 Å². The summed E-state index contributed by atoms with van der Waals surface area (Å²) in [5.41, 5.74) is -0.276. The van der Waals surface area contributed by atoms with Crippen molar-refractivity contribution in [2.75, 3.05) is 24.2 Å². The van der Waals surface area contributed by atoms with Crippen molar-refractivity contribution in [1.82, 2.24) is 19.7 Å². The van der Waals surface area contributed by atoms with Crippen LogP contribution in [0.1, 0.15) is 25.1 Å². The first-order chi connectivity index (χ1) is 11.6. The summed E-state index contributed by atoms with van der Waals surface area (Å²) in [5, 5.41) is 9.65. The average molecular weight is 353 g/mol. The Bertz CT molecular complexity index is 802. The van der Waals surface area contributed by atoms with E-state index in [2.05, 4.69) is 30.5 Å². The number of aromatic nitrogens is 4. The van der Waals surface area contributed by atoms with E-state index in [0.29, 0.717) is 11.4 Å². The molecule has 0 atom stereocenters. The van der Waals surface area contributed by atoms with E-state index in [1.165, 1.54) is 7.05 Å². The summed E-state index contributed by atoms with van der Waals surface area (Å²) in [6.45, 7) is 12.7. The van der Waals surface area contributed by atoms with Gasteiger partial charge in [0.05, 0.1) is 11.4 Å². The standard InChI is InChI=1S/C15H18F3N7/c1-9-11(7-25(24-9)14(2,3)8-19-4)22-13-21-6-10(15(16,17)18)12(20-5)23-13/h6-7H,8H2,1-3,5H3,(H2,20,21,22,23). The van der Waals surface area contributed by atoms with Crippen molar-refractivity contribution in [3.05, 3.63) is 35.1 Å². The molecule has 0 spiro atoms. The maximum atomic E-state index is 12.9. The molecule has 134 valence electrons. The lowest BCUT2D eigenvalue weighted by molar-refractivity contribution is -0.137. The van der Waals surface area contributed by atoms with Crippen LogP contribution in [0, 0.1) is 13.5 Å². The van der Waals surface area contributed by atoms with E-state index in [0.717, 1.165) is 6.20 Å². The van der Waals surface area contributed by atoms with Crippen LogP contribution >= 0.6 is 0 Å². The number of aryl methyl sites for hydroxylation is 1. The van der Waals surface area contributed by atoms with E-state index in [9.17, 15) is 13.2 Å². The Kier molecular flexibility index (Phi) is 4.87. The van der Waals surface area contributed by atoms with Gasteiger partial charge < -0.3 is 15.5 Å². The molecule has 0 bridgehead atoms. The number of anilines is 3. The van der Waals surface area contributed by atoms with Gasteiger partial charge in [0.1, 0.15) is 16.9 Å². The lowest BCUT2D eigenvalue weighted by Gasteiger charge is -2.18. The van der Waals surface area contributed by atoms with Gasteiger partial charge in [-0.25, -0.2) is 11.6 Å². The van der Waals surface area contributed by atoms with Crippen molar-refractivity contribution in [2.24, 2.45) is 0 Å². The number of hydrogen-bond donors (Lipinski definition) is 2. The Morgan fingerprint density at radius 3 is 2.56 bits per heavy atom. The first-order valence-electron chi connectivity index (χ1n) is 7.37. The third-order valence-electron chi connectivity index (χ3n) is 3.56. The zero-order valence-electron chi connectivity index (χ0n) is 14.2. The second-order valence-electron chi connectivity index (χ2n) is 6.03. The fourth-order valence-electron chi connectivity index (χ4n) is 2.12. The molecule has 2 rings (SSSR count). The second-order valence-corrected chi connectivity index (χ2v) is 6.03. The minimum Gasteiger partial charge on any atom is -0.372 e. The number of hydrogen-bond acceptors (Lipinski definition) is 5. The van der Waals surface area contributed by atoms with Crippen LogP contribution in [-0.2, 0) is 11.7 Å². The van der Waals surface area contributed by atoms with Crippen molar-refractivity contribution < 1.29 is 13.2 Å². The van der Waals surface area contributed by atoms with E-state index in [-0.39, 0.29) is 18.3 Å². The fraction of sp³-hybridized carbons (Fsp3) is 0.467. The van der Waals surface area contributed by atoms with Crippen LogP contribution in [-0.4, -0.2) is 33.3 Å². The molecule has 0 radical (unpaired) electrons. The number of alkyl halides is 3. The molecule has 0 saturated carbocycles. The van der Waals surface area contributed by atoms with Gasteiger partial charge in [0.2, 0.25) is 12.5 Å². The number of rotatable bonds is 5. The number of nitrogens with one attached hydrogen (secondary N) is 2. The summed E-state index contributed by atoms with van der Waals surface area (Å²) in [5.74, 6) is -0.300. The smallest absolute Gasteiger partial charge is 0.372 e. The van der Waals surface area contributed by atoms with Crippen LogP contribution in [0.3, 0.4) is 0 Å². The summed E-state index contributed by atoms with van der Waals surface area (Å²) < 4.78 is 40.3. The predicted octanol–water partition coefficient (Wildman–Crippen LogP) is 3.44. The van der Waals surface area contributed by atoms with Crippen molar-refractivity contribution in [3.63, 3.8) is 0 Å². The normalized spacial score (nSPS) is 11.9. The minimum atomic E-state index is -4.54. The zero-order chi connectivity index (χ0) is 18.8. The van der Waals surface area contributed by atoms with E-state index >= 15 is 0 Å². The van der Waals surface area contributed by atoms with Gasteiger partial charge in [-0.15, -0.1) is 0 Å². The van der Waals surface area contributed by atoms with Gasteiger partial charge in [0.25, 0.3) is 0 Å². The maximum absolute atomic E-state index is 12.9. The van der Waals surface area contributed by atoms with Gasteiger partial charge in [-0.3, -0.25) is 4.68 Å². The summed E-state index contributed by atoms with van der Waals surface area (Å²) >= 11 is 0. The third kappa shape index (κ3) is 3.99. The van der Waals surface area contributed by atoms with Crippen molar-refractivity contribution in [3.8, 4) is 0 Å². The Labute approximate surface area is 143 Å². The number of nitrogens with zero attached hydrogens (tertiary/aromatic N) is 5. The van der Waals surface area contributed by atoms with Gasteiger partial charge in [-0.05, 0) is 20.8 Å². The van der Waals surface area contributed by atoms with Gasteiger partial charge in [-0.1, -0.05) is 0 Å². The largest absolute Gasteiger partial charge is 0.421 e. The molecule has 0 aliphatic heterocycles. The van der Waals surface area contributed by atoms with E-state index in [1.807, 2.05) is 13.8 Å². The van der Waals surface area contributed by atoms with Crippen LogP contribution in [0.15, 0.2) is 12.4 Å². The molecule has 0 amide bonds. The van der Waals surface area contributed by atoms with Crippen LogP contribution < -0.4 is 10.6 Å². The molecular weight excluding hydrogens is 335 g/mol. The lowest BCUT2D eigenvalue weighted by Crippen LogP contribution is -2.29. The molecule has 0 fully saturated rings. The molecule has 0 aromatic carbocycles. The minimum absolute atomic E-state index is 0.0167. The topological polar surface area (TPSA) is 72.0 Å². The first-order valence-corrected chi connectivity index (χ1v) is 7.37. The quantitative estimate of drug-likeness (QED) is 0.806. The average Bonchev–Trinajstić information content (AvgIpc) is 2.88.